The van der Waals surface area contributed by atoms with Gasteiger partial charge in [-0.1, -0.05) is 78.6 Å². The number of unbranched alkanes of at least 4 members (excludes halogenated alkanes) is 5. The number of hydrogen-bond acceptors (Lipinski definition) is 1. The zero-order valence-electron chi connectivity index (χ0n) is 13.3. The third-order valence-corrected chi connectivity index (χ3v) is 4.18. The third-order valence-electron chi connectivity index (χ3n) is 4.18. The fraction of sp³-hybridized carbons (Fsp3) is 0.941. The SMILES string of the molecule is CCCC(CCCCCCCCC(C)CC)C(=O)O. The van der Waals surface area contributed by atoms with Crippen LogP contribution >= 0.6 is 0 Å². The lowest BCUT2D eigenvalue weighted by Gasteiger charge is -2.10. The van der Waals surface area contributed by atoms with Crippen LogP contribution in [-0.2, 0) is 4.79 Å². The highest BCUT2D eigenvalue weighted by Gasteiger charge is 2.15. The summed E-state index contributed by atoms with van der Waals surface area (Å²) in [5, 5.41) is 9.05. The van der Waals surface area contributed by atoms with Crippen molar-refractivity contribution in [3.63, 3.8) is 0 Å². The fourth-order valence-corrected chi connectivity index (χ4v) is 2.53. The largest absolute Gasteiger partial charge is 0.481 e. The molecule has 2 heteroatoms. The van der Waals surface area contributed by atoms with Crippen LogP contribution < -0.4 is 0 Å². The molecule has 0 rings (SSSR count). The molecule has 0 aromatic heterocycles. The molecule has 0 aromatic rings. The maximum absolute atomic E-state index is 11.0. The molecule has 0 saturated heterocycles. The summed E-state index contributed by atoms with van der Waals surface area (Å²) in [7, 11) is 0. The Morgan fingerprint density at radius 3 is 1.89 bits per heavy atom. The number of carboxylic acid groups (broad SMARTS) is 1. The smallest absolute Gasteiger partial charge is 0.306 e. The van der Waals surface area contributed by atoms with Gasteiger partial charge in [0.05, 0.1) is 5.92 Å². The maximum atomic E-state index is 11.0. The summed E-state index contributed by atoms with van der Waals surface area (Å²) in [6, 6.07) is 0. The summed E-state index contributed by atoms with van der Waals surface area (Å²) in [6.07, 6.45) is 13.0. The molecule has 0 amide bonds. The summed E-state index contributed by atoms with van der Waals surface area (Å²) >= 11 is 0. The molecule has 2 nitrogen and oxygen atoms in total. The van der Waals surface area contributed by atoms with Gasteiger partial charge in [0, 0.05) is 0 Å². The van der Waals surface area contributed by atoms with Gasteiger partial charge in [-0.25, -0.2) is 0 Å². The van der Waals surface area contributed by atoms with E-state index in [1.165, 1.54) is 44.9 Å². The topological polar surface area (TPSA) is 37.3 Å². The van der Waals surface area contributed by atoms with Gasteiger partial charge in [-0.05, 0) is 18.8 Å². The van der Waals surface area contributed by atoms with Gasteiger partial charge in [-0.3, -0.25) is 4.79 Å². The molecule has 19 heavy (non-hydrogen) atoms. The van der Waals surface area contributed by atoms with Crippen LogP contribution in [0, 0.1) is 11.8 Å². The van der Waals surface area contributed by atoms with Crippen molar-refractivity contribution in [3.05, 3.63) is 0 Å². The summed E-state index contributed by atoms with van der Waals surface area (Å²) in [6.45, 7) is 6.66. The normalized spacial score (nSPS) is 14.3. The average Bonchev–Trinajstić information content (AvgIpc) is 2.39. The Hall–Kier alpha value is -0.530. The number of rotatable bonds is 13. The van der Waals surface area contributed by atoms with Crippen molar-refractivity contribution >= 4 is 5.97 Å². The minimum atomic E-state index is -0.601. The minimum absolute atomic E-state index is 0.101. The molecule has 1 N–H and O–H groups in total. The fourth-order valence-electron chi connectivity index (χ4n) is 2.53. The third kappa shape index (κ3) is 11.0. The van der Waals surface area contributed by atoms with E-state index >= 15 is 0 Å². The van der Waals surface area contributed by atoms with Crippen LogP contribution in [0.3, 0.4) is 0 Å². The number of carboxylic acids is 1. The average molecular weight is 270 g/mol. The lowest BCUT2D eigenvalue weighted by Crippen LogP contribution is -2.13. The Morgan fingerprint density at radius 1 is 0.895 bits per heavy atom. The second-order valence-corrected chi connectivity index (χ2v) is 6.04. The predicted octanol–water partition coefficient (Wildman–Crippen LogP) is 5.65. The molecule has 0 heterocycles. The van der Waals surface area contributed by atoms with Gasteiger partial charge >= 0.3 is 5.97 Å². The summed E-state index contributed by atoms with van der Waals surface area (Å²) < 4.78 is 0. The summed E-state index contributed by atoms with van der Waals surface area (Å²) in [5.74, 6) is 0.177. The van der Waals surface area contributed by atoms with Gasteiger partial charge in [0.15, 0.2) is 0 Å². The van der Waals surface area contributed by atoms with E-state index in [2.05, 4.69) is 20.8 Å². The van der Waals surface area contributed by atoms with Crippen molar-refractivity contribution in [1.29, 1.82) is 0 Å². The lowest BCUT2D eigenvalue weighted by atomic mass is 9.95. The van der Waals surface area contributed by atoms with E-state index in [0.717, 1.165) is 31.6 Å². The van der Waals surface area contributed by atoms with Gasteiger partial charge < -0.3 is 5.11 Å². The molecule has 0 aliphatic heterocycles. The Balaban J connectivity index is 3.36. The molecule has 2 atom stereocenters. The van der Waals surface area contributed by atoms with Crippen LogP contribution in [0.2, 0.25) is 0 Å². The van der Waals surface area contributed by atoms with Gasteiger partial charge in [-0.2, -0.15) is 0 Å². The first-order valence-corrected chi connectivity index (χ1v) is 8.34. The number of hydrogen-bond donors (Lipinski definition) is 1. The lowest BCUT2D eigenvalue weighted by molar-refractivity contribution is -0.142. The highest BCUT2D eigenvalue weighted by atomic mass is 16.4. The van der Waals surface area contributed by atoms with E-state index in [4.69, 9.17) is 5.11 Å². The molecule has 0 aliphatic rings. The van der Waals surface area contributed by atoms with E-state index in [9.17, 15) is 4.79 Å². The van der Waals surface area contributed by atoms with E-state index in [-0.39, 0.29) is 5.92 Å². The maximum Gasteiger partial charge on any atom is 0.306 e. The molecule has 114 valence electrons. The highest BCUT2D eigenvalue weighted by Crippen LogP contribution is 2.18. The van der Waals surface area contributed by atoms with Crippen molar-refractivity contribution in [2.45, 2.75) is 91.4 Å². The minimum Gasteiger partial charge on any atom is -0.481 e. The van der Waals surface area contributed by atoms with Crippen molar-refractivity contribution in [1.82, 2.24) is 0 Å². The number of aliphatic carboxylic acids is 1. The number of carbonyl (C=O) groups is 1. The van der Waals surface area contributed by atoms with Crippen molar-refractivity contribution in [2.75, 3.05) is 0 Å². The van der Waals surface area contributed by atoms with Gasteiger partial charge in [0.25, 0.3) is 0 Å². The van der Waals surface area contributed by atoms with E-state index in [0.29, 0.717) is 0 Å². The summed E-state index contributed by atoms with van der Waals surface area (Å²) in [4.78, 5) is 11.0. The van der Waals surface area contributed by atoms with Crippen LogP contribution in [0.4, 0.5) is 0 Å². The van der Waals surface area contributed by atoms with Crippen molar-refractivity contribution in [2.24, 2.45) is 11.8 Å². The zero-order chi connectivity index (χ0) is 14.5. The molecule has 0 saturated carbocycles. The van der Waals surface area contributed by atoms with Crippen LogP contribution in [0.25, 0.3) is 0 Å². The first-order chi connectivity index (χ1) is 9.11. The van der Waals surface area contributed by atoms with Crippen molar-refractivity contribution in [3.8, 4) is 0 Å². The van der Waals surface area contributed by atoms with Crippen LogP contribution in [0.5, 0.6) is 0 Å². The molecule has 0 aliphatic carbocycles. The second kappa shape index (κ2) is 12.5. The van der Waals surface area contributed by atoms with E-state index in [1.807, 2.05) is 0 Å². The molecular formula is C17H34O2. The van der Waals surface area contributed by atoms with Crippen LogP contribution in [0.1, 0.15) is 91.4 Å². The Bertz CT molecular complexity index is 213. The standard InChI is InChI=1S/C17H34O2/c1-4-12-16(17(18)19)14-11-9-7-6-8-10-13-15(3)5-2/h15-16H,4-14H2,1-3H3,(H,18,19). The van der Waals surface area contributed by atoms with Crippen molar-refractivity contribution < 1.29 is 9.90 Å². The quantitative estimate of drug-likeness (QED) is 0.439. The first-order valence-electron chi connectivity index (χ1n) is 8.34. The molecule has 0 radical (unpaired) electrons. The van der Waals surface area contributed by atoms with Crippen LogP contribution in [0.15, 0.2) is 0 Å². The van der Waals surface area contributed by atoms with Gasteiger partial charge in [0.2, 0.25) is 0 Å². The first kappa shape index (κ1) is 18.5. The Labute approximate surface area is 120 Å². The van der Waals surface area contributed by atoms with Crippen LogP contribution in [-0.4, -0.2) is 11.1 Å². The monoisotopic (exact) mass is 270 g/mol. The molecular weight excluding hydrogens is 236 g/mol. The Kier molecular flexibility index (Phi) is 12.2. The highest BCUT2D eigenvalue weighted by molar-refractivity contribution is 5.69. The zero-order valence-corrected chi connectivity index (χ0v) is 13.3. The Morgan fingerprint density at radius 2 is 1.42 bits per heavy atom. The second-order valence-electron chi connectivity index (χ2n) is 6.04. The van der Waals surface area contributed by atoms with Gasteiger partial charge in [0.1, 0.15) is 0 Å². The summed E-state index contributed by atoms with van der Waals surface area (Å²) in [5.41, 5.74) is 0. The molecule has 0 fully saturated rings. The van der Waals surface area contributed by atoms with E-state index < -0.39 is 5.97 Å². The molecule has 0 spiro atoms. The van der Waals surface area contributed by atoms with Gasteiger partial charge in [-0.15, -0.1) is 0 Å². The predicted molar refractivity (Wildman–Crippen MR) is 82.4 cm³/mol. The molecule has 0 aromatic carbocycles. The molecule has 0 bridgehead atoms. The van der Waals surface area contributed by atoms with E-state index in [1.54, 1.807) is 0 Å². The molecule has 2 unspecified atom stereocenters.